The summed E-state index contributed by atoms with van der Waals surface area (Å²) in [5.41, 5.74) is 5.84. The van der Waals surface area contributed by atoms with Crippen LogP contribution in [0.5, 0.6) is 0 Å². The molecule has 16 heavy (non-hydrogen) atoms. The number of carboxylic acid groups (broad SMARTS) is 1. The van der Waals surface area contributed by atoms with Gasteiger partial charge in [-0.05, 0) is 18.8 Å². The third kappa shape index (κ3) is 2.68. The molecular weight excluding hydrogens is 222 g/mol. The maximum absolute atomic E-state index is 10.7. The first kappa shape index (κ1) is 13.3. The van der Waals surface area contributed by atoms with Gasteiger partial charge in [-0.25, -0.2) is 0 Å². The van der Waals surface area contributed by atoms with Gasteiger partial charge < -0.3 is 10.8 Å². The van der Waals surface area contributed by atoms with Crippen molar-refractivity contribution in [1.29, 1.82) is 0 Å². The van der Waals surface area contributed by atoms with Crippen LogP contribution in [0.1, 0.15) is 19.3 Å². The van der Waals surface area contributed by atoms with Crippen LogP contribution in [0.25, 0.3) is 0 Å². The summed E-state index contributed by atoms with van der Waals surface area (Å²) >= 11 is 1.76. The zero-order valence-corrected chi connectivity index (χ0v) is 10.2. The lowest BCUT2D eigenvalue weighted by atomic mass is 9.84. The van der Waals surface area contributed by atoms with Crippen molar-refractivity contribution in [3.63, 3.8) is 0 Å². The second kappa shape index (κ2) is 5.55. The third-order valence-electron chi connectivity index (χ3n) is 3.20. The highest BCUT2D eigenvalue weighted by Gasteiger charge is 2.44. The maximum Gasteiger partial charge on any atom is 0.303 e. The quantitative estimate of drug-likeness (QED) is 0.699. The van der Waals surface area contributed by atoms with Crippen LogP contribution in [0.2, 0.25) is 0 Å². The van der Waals surface area contributed by atoms with E-state index in [1.54, 1.807) is 11.8 Å². The number of carboxylic acids is 1. The highest BCUT2D eigenvalue weighted by atomic mass is 32.2. The molecule has 0 aliphatic carbocycles. The van der Waals surface area contributed by atoms with Crippen molar-refractivity contribution in [1.82, 2.24) is 0 Å². The number of hydrogen-bond donors (Lipinski definition) is 2. The molecule has 0 radical (unpaired) electrons. The fraction of sp³-hybridized carbons (Fsp3) is 0.583. The summed E-state index contributed by atoms with van der Waals surface area (Å²) in [4.78, 5) is 10.7. The predicted molar refractivity (Wildman–Crippen MR) is 68.5 cm³/mol. The second-order valence-corrected chi connectivity index (χ2v) is 5.79. The van der Waals surface area contributed by atoms with Gasteiger partial charge in [0.05, 0.1) is 0 Å². The van der Waals surface area contributed by atoms with Crippen molar-refractivity contribution in [2.75, 3.05) is 6.54 Å². The Morgan fingerprint density at radius 2 is 2.25 bits per heavy atom. The van der Waals surface area contributed by atoms with Crippen LogP contribution in [0.4, 0.5) is 0 Å². The van der Waals surface area contributed by atoms with Crippen molar-refractivity contribution < 1.29 is 9.90 Å². The Morgan fingerprint density at radius 3 is 2.69 bits per heavy atom. The minimum Gasteiger partial charge on any atom is -0.481 e. The molecule has 2 unspecified atom stereocenters. The number of allylic oxidation sites excluding steroid dienone is 1. The maximum atomic E-state index is 10.7. The van der Waals surface area contributed by atoms with E-state index in [1.807, 2.05) is 12.2 Å². The van der Waals surface area contributed by atoms with Gasteiger partial charge in [-0.1, -0.05) is 12.2 Å². The van der Waals surface area contributed by atoms with Gasteiger partial charge in [0.1, 0.15) is 0 Å². The van der Waals surface area contributed by atoms with Gasteiger partial charge in [0.25, 0.3) is 0 Å². The lowest BCUT2D eigenvalue weighted by Crippen LogP contribution is -2.38. The van der Waals surface area contributed by atoms with Crippen molar-refractivity contribution >= 4 is 17.7 Å². The number of hydrogen-bond acceptors (Lipinski definition) is 3. The van der Waals surface area contributed by atoms with Crippen LogP contribution in [0, 0.1) is 5.92 Å². The normalized spacial score (nSPS) is 33.6. The smallest absolute Gasteiger partial charge is 0.303 e. The highest BCUT2D eigenvalue weighted by molar-refractivity contribution is 8.01. The molecule has 0 aromatic heterocycles. The lowest BCUT2D eigenvalue weighted by molar-refractivity contribution is -0.137. The van der Waals surface area contributed by atoms with Gasteiger partial charge >= 0.3 is 5.97 Å². The Labute approximate surface area is 101 Å². The molecule has 3 N–H and O–H groups in total. The number of aliphatic carboxylic acids is 1. The summed E-state index contributed by atoms with van der Waals surface area (Å²) in [6, 6.07) is 0. The molecule has 1 heterocycles. The van der Waals surface area contributed by atoms with Crippen LogP contribution in [0.3, 0.4) is 0 Å². The van der Waals surface area contributed by atoms with Gasteiger partial charge in [0.15, 0.2) is 0 Å². The highest BCUT2D eigenvalue weighted by Crippen LogP contribution is 2.50. The monoisotopic (exact) mass is 241 g/mol. The fourth-order valence-corrected chi connectivity index (χ4v) is 3.91. The summed E-state index contributed by atoms with van der Waals surface area (Å²) in [7, 11) is 0. The molecule has 1 aliphatic rings. The zero-order valence-electron chi connectivity index (χ0n) is 9.39. The third-order valence-corrected chi connectivity index (χ3v) is 5.03. The molecule has 1 fully saturated rings. The van der Waals surface area contributed by atoms with Crippen LogP contribution in [-0.2, 0) is 4.79 Å². The summed E-state index contributed by atoms with van der Waals surface area (Å²) in [6.07, 6.45) is 5.56. The first-order chi connectivity index (χ1) is 7.57. The Hall–Kier alpha value is -0.740. The SMILES string of the molecule is C=CC1CC(C=C)[C@](CN)(CCC(=O)O)S1. The molecule has 0 amide bonds. The first-order valence-corrected chi connectivity index (χ1v) is 6.30. The second-order valence-electron chi connectivity index (χ2n) is 4.13. The van der Waals surface area contributed by atoms with E-state index in [0.29, 0.717) is 18.2 Å². The van der Waals surface area contributed by atoms with Crippen LogP contribution >= 0.6 is 11.8 Å². The molecule has 0 bridgehead atoms. The molecule has 0 aromatic carbocycles. The van der Waals surface area contributed by atoms with E-state index in [0.717, 1.165) is 6.42 Å². The van der Waals surface area contributed by atoms with Crippen molar-refractivity contribution in [2.45, 2.75) is 29.3 Å². The molecule has 0 spiro atoms. The summed E-state index contributed by atoms with van der Waals surface area (Å²) < 4.78 is -0.168. The molecule has 1 saturated heterocycles. The number of rotatable bonds is 6. The minimum atomic E-state index is -0.765. The fourth-order valence-electron chi connectivity index (χ4n) is 2.22. The molecule has 3 nitrogen and oxygen atoms in total. The molecule has 0 saturated carbocycles. The van der Waals surface area contributed by atoms with Crippen molar-refractivity contribution in [2.24, 2.45) is 11.7 Å². The van der Waals surface area contributed by atoms with E-state index < -0.39 is 5.97 Å². The van der Waals surface area contributed by atoms with Gasteiger partial charge in [-0.15, -0.1) is 24.9 Å². The predicted octanol–water partition coefficient (Wildman–Crippen LogP) is 2.04. The van der Waals surface area contributed by atoms with E-state index in [2.05, 4.69) is 13.2 Å². The van der Waals surface area contributed by atoms with Crippen molar-refractivity contribution in [3.05, 3.63) is 25.3 Å². The molecule has 90 valence electrons. The van der Waals surface area contributed by atoms with Gasteiger partial charge in [-0.2, -0.15) is 0 Å². The molecule has 4 heteroatoms. The van der Waals surface area contributed by atoms with E-state index in [-0.39, 0.29) is 17.1 Å². The number of nitrogens with two attached hydrogens (primary N) is 1. The zero-order chi connectivity index (χ0) is 12.2. The molecule has 1 aliphatic heterocycles. The van der Waals surface area contributed by atoms with Gasteiger partial charge in [0, 0.05) is 23.0 Å². The van der Waals surface area contributed by atoms with Crippen LogP contribution in [-0.4, -0.2) is 27.6 Å². The minimum absolute atomic E-state index is 0.165. The van der Waals surface area contributed by atoms with E-state index in [1.165, 1.54) is 0 Å². The van der Waals surface area contributed by atoms with E-state index >= 15 is 0 Å². The average Bonchev–Trinajstić information content (AvgIpc) is 2.65. The number of thioether (sulfide) groups is 1. The van der Waals surface area contributed by atoms with E-state index in [9.17, 15) is 4.79 Å². The molecule has 3 atom stereocenters. The Kier molecular flexibility index (Phi) is 4.62. The summed E-state index contributed by atoms with van der Waals surface area (Å²) in [5.74, 6) is -0.483. The standard InChI is InChI=1S/C12H19NO2S/c1-3-9-7-10(4-2)16-12(9,8-13)6-5-11(14)15/h3-4,9-10H,1-2,5-8,13H2,(H,14,15)/t9?,10?,12-/m1/s1. The summed E-state index contributed by atoms with van der Waals surface area (Å²) in [5, 5.41) is 9.13. The Bertz CT molecular complexity index is 293. The van der Waals surface area contributed by atoms with E-state index in [4.69, 9.17) is 10.8 Å². The van der Waals surface area contributed by atoms with Crippen LogP contribution < -0.4 is 5.73 Å². The van der Waals surface area contributed by atoms with Crippen molar-refractivity contribution in [3.8, 4) is 0 Å². The Morgan fingerprint density at radius 1 is 1.56 bits per heavy atom. The van der Waals surface area contributed by atoms with Gasteiger partial charge in [0.2, 0.25) is 0 Å². The largest absolute Gasteiger partial charge is 0.481 e. The first-order valence-electron chi connectivity index (χ1n) is 5.42. The Balaban J connectivity index is 2.78. The lowest BCUT2D eigenvalue weighted by Gasteiger charge is -2.31. The average molecular weight is 241 g/mol. The molecule has 0 aromatic rings. The van der Waals surface area contributed by atoms with Gasteiger partial charge in [-0.3, -0.25) is 4.79 Å². The number of carbonyl (C=O) groups is 1. The van der Waals surface area contributed by atoms with Crippen LogP contribution in [0.15, 0.2) is 25.3 Å². The molecular formula is C12H19NO2S. The topological polar surface area (TPSA) is 63.3 Å². The molecule has 1 rings (SSSR count). The summed E-state index contributed by atoms with van der Waals surface area (Å²) in [6.45, 7) is 8.12.